The smallest absolute Gasteiger partial charge is 0.287 e. The molecule has 0 unspecified atom stereocenters. The molecule has 0 amide bonds. The summed E-state index contributed by atoms with van der Waals surface area (Å²) in [5.74, 6) is 0. The molecule has 0 saturated carbocycles. The van der Waals surface area contributed by atoms with E-state index in [1.54, 1.807) is 0 Å². The molecule has 0 atom stereocenters. The Morgan fingerprint density at radius 2 is 0.463 bits per heavy atom. The van der Waals surface area contributed by atoms with Crippen LogP contribution >= 0.6 is 0 Å². The molecule has 11 heteroatoms. The predicted octanol–water partition coefficient (Wildman–Crippen LogP) is 33.7. The highest BCUT2D eigenvalue weighted by molar-refractivity contribution is 6.12. The topological polar surface area (TPSA) is 97.7 Å². The van der Waals surface area contributed by atoms with Gasteiger partial charge in [0.15, 0.2) is 30.0 Å². The fourth-order valence-corrected chi connectivity index (χ4v) is 16.5. The van der Waals surface area contributed by atoms with E-state index in [0.29, 0.717) is 0 Å². The van der Waals surface area contributed by atoms with Crippen LogP contribution in [-0.4, -0.2) is 9.97 Å². The summed E-state index contributed by atoms with van der Waals surface area (Å²) in [6, 6.07) is 103. The molecule has 0 N–H and O–H groups in total. The van der Waals surface area contributed by atoms with Gasteiger partial charge in [-0.3, -0.25) is 0 Å². The molecule has 11 nitrogen and oxygen atoms in total. The second-order valence-corrected chi connectivity index (χ2v) is 29.6. The summed E-state index contributed by atoms with van der Waals surface area (Å²) in [6.07, 6.45) is 10.1. The number of pyridine rings is 3. The zero-order chi connectivity index (χ0) is 97.8. The predicted molar refractivity (Wildman–Crippen MR) is 577 cm³/mol. The van der Waals surface area contributed by atoms with Gasteiger partial charge in [0.1, 0.15) is 43.5 Å². The quantitative estimate of drug-likeness (QED) is 0.126. The molecule has 22 aromatic rings. The Bertz CT molecular complexity index is 7170. The van der Waals surface area contributed by atoms with Crippen molar-refractivity contribution in [1.29, 1.82) is 0 Å². The lowest BCUT2D eigenvalue weighted by molar-refractivity contribution is -0.662. The van der Waals surface area contributed by atoms with Crippen LogP contribution < -0.4 is 22.8 Å². The van der Waals surface area contributed by atoms with Crippen LogP contribution in [0.5, 0.6) is 0 Å². The number of benzene rings is 13. The number of hydrogen-bond donors (Lipinski definition) is 0. The SMILES string of the molecule is CC.CC.CC.CC.CC.CC.CC.CC.CC.CC.Cc1c(-c2c3oc4ccccc4c3cc[n+]2C)ccc2ccccc12.Cc1c(-c2c3oc4ccccc4c3nc[n+]2C)ccc2ccccc12.Cc1ccccc1-c1c2cc3ccccc3cc2cc[n+]1C.Cc1ccccc1-c1c2oc3ccccc3c2cc[n+]1C.Cc1ccccc1-c1c2oc3ccccc3c2nc[n+]1C. The lowest BCUT2D eigenvalue weighted by Gasteiger charge is -2.09. The van der Waals surface area contributed by atoms with E-state index in [1.165, 1.54) is 115 Å². The lowest BCUT2D eigenvalue weighted by atomic mass is 9.97. The third-order valence-electron chi connectivity index (χ3n) is 22.4. The Morgan fingerprint density at radius 1 is 0.194 bits per heavy atom. The van der Waals surface area contributed by atoms with Crippen molar-refractivity contribution >= 4 is 131 Å². The number of nitrogens with zero attached hydrogens (tertiary/aromatic N) is 7. The molecule has 0 aliphatic heterocycles. The minimum atomic E-state index is 0.838. The van der Waals surface area contributed by atoms with Crippen LogP contribution in [0.2, 0.25) is 0 Å². The minimum Gasteiger partial charge on any atom is -0.449 e. The van der Waals surface area contributed by atoms with Gasteiger partial charge in [-0.25, -0.2) is 13.7 Å². The second kappa shape index (κ2) is 52.1. The van der Waals surface area contributed by atoms with Crippen LogP contribution in [-0.2, 0) is 35.2 Å². The van der Waals surface area contributed by atoms with E-state index >= 15 is 0 Å². The number of aryl methyl sites for hydroxylation is 10. The molecule has 13 aromatic carbocycles. The van der Waals surface area contributed by atoms with Crippen molar-refractivity contribution in [3.8, 4) is 56.3 Å². The van der Waals surface area contributed by atoms with Gasteiger partial charge in [0.05, 0.1) is 41.4 Å². The molecular formula is C123H144N7O4+5. The van der Waals surface area contributed by atoms with Gasteiger partial charge >= 0.3 is 0 Å². The van der Waals surface area contributed by atoms with Crippen molar-refractivity contribution in [3.05, 3.63) is 356 Å². The van der Waals surface area contributed by atoms with Gasteiger partial charge < -0.3 is 17.7 Å². The molecule has 0 fully saturated rings. The number of para-hydroxylation sites is 4. The van der Waals surface area contributed by atoms with Gasteiger partial charge in [-0.05, 0) is 183 Å². The van der Waals surface area contributed by atoms with Gasteiger partial charge in [-0.15, -0.1) is 0 Å². The first-order valence-electron chi connectivity index (χ1n) is 48.6. The van der Waals surface area contributed by atoms with E-state index in [9.17, 15) is 0 Å². The van der Waals surface area contributed by atoms with Crippen LogP contribution in [0.3, 0.4) is 0 Å². The average molecular weight is 1780 g/mol. The maximum Gasteiger partial charge on any atom is 0.287 e. The highest BCUT2D eigenvalue weighted by Crippen LogP contribution is 2.41. The molecule has 0 aliphatic rings. The highest BCUT2D eigenvalue weighted by atomic mass is 16.3. The van der Waals surface area contributed by atoms with Crippen LogP contribution in [0.15, 0.2) is 346 Å². The maximum atomic E-state index is 6.27. The first kappa shape index (κ1) is 105. The Hall–Kier alpha value is -14.3. The molecule has 690 valence electrons. The van der Waals surface area contributed by atoms with Crippen LogP contribution in [0.25, 0.3) is 187 Å². The van der Waals surface area contributed by atoms with E-state index in [-0.39, 0.29) is 0 Å². The monoisotopic (exact) mass is 1780 g/mol. The van der Waals surface area contributed by atoms with Crippen LogP contribution in [0, 0.1) is 34.6 Å². The number of rotatable bonds is 5. The summed E-state index contributed by atoms with van der Waals surface area (Å²) in [7, 11) is 10.3. The van der Waals surface area contributed by atoms with E-state index in [4.69, 9.17) is 17.7 Å². The number of fused-ring (bicyclic) bond motifs is 16. The molecule has 22 rings (SSSR count). The van der Waals surface area contributed by atoms with E-state index in [2.05, 4.69) is 335 Å². The van der Waals surface area contributed by atoms with Crippen molar-refractivity contribution in [2.45, 2.75) is 173 Å². The third-order valence-corrected chi connectivity index (χ3v) is 22.4. The summed E-state index contributed by atoms with van der Waals surface area (Å²) >= 11 is 0. The fourth-order valence-electron chi connectivity index (χ4n) is 16.5. The summed E-state index contributed by atoms with van der Waals surface area (Å²) < 4.78 is 35.3. The zero-order valence-corrected chi connectivity index (χ0v) is 85.4. The van der Waals surface area contributed by atoms with Crippen LogP contribution in [0.1, 0.15) is 166 Å². The van der Waals surface area contributed by atoms with Crippen molar-refractivity contribution in [2.75, 3.05) is 0 Å². The third kappa shape index (κ3) is 22.5. The molecule has 0 saturated heterocycles. The number of hydrogen-bond acceptors (Lipinski definition) is 6. The maximum absolute atomic E-state index is 6.27. The molecule has 9 heterocycles. The Labute approximate surface area is 797 Å². The van der Waals surface area contributed by atoms with Crippen molar-refractivity contribution < 1.29 is 40.5 Å². The van der Waals surface area contributed by atoms with Crippen molar-refractivity contribution in [3.63, 3.8) is 0 Å². The van der Waals surface area contributed by atoms with Gasteiger partial charge in [0, 0.05) is 56.4 Å². The normalized spacial score (nSPS) is 10.2. The number of furan rings is 4. The standard InChI is InChI=1S/C23H18NO.C22H17N2O.C21H18N.C19H16NO.C18H15N2O.10C2H6/c1-15-17-8-4-3-7-16(17)11-12-18(15)22-23-20(13-14-24(22)2)19-9-5-6-10-21(19)25-23;1-14-16-8-4-3-7-15(16)11-12-17(14)21-22-20(23-13-24(21)2)18-9-5-6-10-19(18)25-22;1-15-7-3-6-10-19(15)21-20-14-17-9-5-4-8-16(17)13-18(20)11-12-22(21)2;1-13-7-3-4-8-14(13)18-19-16(11-12-20(18)2)15-9-5-6-10-17(15)21-19;1-12-7-3-4-8-13(12)17-18-16(19-11-20(17)2)14-9-5-6-10-15(14)21-18;10*1-2/h3-14H,1-2H3;3-13H,1-2H3;3-14H,1-2H3;3-12H,1-2H3;3-11H,1-2H3;10*1-2H3/q5*+1;;;;;;;;;;. The molecule has 0 spiro atoms. The largest absolute Gasteiger partial charge is 0.449 e. The van der Waals surface area contributed by atoms with Gasteiger partial charge in [0.25, 0.3) is 24.0 Å². The summed E-state index contributed by atoms with van der Waals surface area (Å²) in [5, 5.41) is 17.0. The lowest BCUT2D eigenvalue weighted by Crippen LogP contribution is -2.31. The first-order valence-corrected chi connectivity index (χ1v) is 48.6. The molecule has 9 aromatic heterocycles. The average Bonchev–Trinajstić information content (AvgIpc) is 1.46. The Balaban J connectivity index is 0.000000197. The van der Waals surface area contributed by atoms with Gasteiger partial charge in [-0.2, -0.15) is 9.13 Å². The summed E-state index contributed by atoms with van der Waals surface area (Å²) in [4.78, 5) is 9.17. The van der Waals surface area contributed by atoms with E-state index in [1.807, 2.05) is 235 Å². The molecule has 0 bridgehead atoms. The number of aromatic nitrogens is 7. The molecule has 134 heavy (non-hydrogen) atoms. The molecular weight excluding hydrogens is 1640 g/mol. The Kier molecular flexibility index (Phi) is 40.8. The van der Waals surface area contributed by atoms with E-state index in [0.717, 1.165) is 100 Å². The van der Waals surface area contributed by atoms with Gasteiger partial charge in [-0.1, -0.05) is 345 Å². The highest BCUT2D eigenvalue weighted by Gasteiger charge is 2.28. The van der Waals surface area contributed by atoms with Gasteiger partial charge in [0.2, 0.25) is 39.1 Å². The molecule has 0 radical (unpaired) electrons. The summed E-state index contributed by atoms with van der Waals surface area (Å²) in [5.41, 5.74) is 27.1. The molecule has 0 aliphatic carbocycles. The summed E-state index contributed by atoms with van der Waals surface area (Å²) in [6.45, 7) is 50.8. The fraction of sp³-hybridized carbons (Fsp3) is 0.244. The van der Waals surface area contributed by atoms with Crippen molar-refractivity contribution in [2.24, 2.45) is 35.2 Å². The Morgan fingerprint density at radius 3 is 0.843 bits per heavy atom. The van der Waals surface area contributed by atoms with Crippen LogP contribution in [0.4, 0.5) is 0 Å². The zero-order valence-electron chi connectivity index (χ0n) is 85.4. The second-order valence-electron chi connectivity index (χ2n) is 29.6. The van der Waals surface area contributed by atoms with E-state index < -0.39 is 0 Å². The minimum absolute atomic E-state index is 0.838. The van der Waals surface area contributed by atoms with Crippen molar-refractivity contribution in [1.82, 2.24) is 9.97 Å². The first-order chi connectivity index (χ1) is 65.7.